The fourth-order valence-corrected chi connectivity index (χ4v) is 12.0. The molecule has 0 radical (unpaired) electrons. The molecule has 14 rings (SSSR count). The van der Waals surface area contributed by atoms with E-state index in [1.165, 1.54) is 38.2 Å². The van der Waals surface area contributed by atoms with E-state index in [0.29, 0.717) is 0 Å². The van der Waals surface area contributed by atoms with Crippen molar-refractivity contribution < 1.29 is 8.83 Å². The third-order valence-corrected chi connectivity index (χ3v) is 15.7. The molecule has 5 nitrogen and oxygen atoms in total. The summed E-state index contributed by atoms with van der Waals surface area (Å²) in [5, 5.41) is 11.4. The van der Waals surface area contributed by atoms with E-state index in [1.807, 2.05) is 0 Å². The Kier molecular flexibility index (Phi) is 10.2. The smallest absolute Gasteiger partial charge is 0.159 e. The minimum absolute atomic E-state index is 0.0197. The lowest BCUT2D eigenvalue weighted by Crippen LogP contribution is -2.14. The summed E-state index contributed by atoms with van der Waals surface area (Å²) in [5.74, 6) is 0. The van der Waals surface area contributed by atoms with E-state index in [1.54, 1.807) is 0 Å². The van der Waals surface area contributed by atoms with E-state index in [0.717, 1.165) is 105 Å². The van der Waals surface area contributed by atoms with Crippen molar-refractivity contribution in [2.24, 2.45) is 0 Å². The Morgan fingerprint density at radius 1 is 0.342 bits per heavy atom. The van der Waals surface area contributed by atoms with E-state index in [2.05, 4.69) is 281 Å². The van der Waals surface area contributed by atoms with Crippen molar-refractivity contribution >= 4 is 121 Å². The number of fused-ring (bicyclic) bond motifs is 13. The third-order valence-electron chi connectivity index (χ3n) is 15.7. The van der Waals surface area contributed by atoms with Crippen molar-refractivity contribution in [2.75, 3.05) is 9.80 Å². The number of rotatable bonds is 7. The lowest BCUT2D eigenvalue weighted by atomic mass is 9.87. The zero-order valence-electron chi connectivity index (χ0n) is 43.9. The first kappa shape index (κ1) is 45.5. The summed E-state index contributed by atoms with van der Waals surface area (Å²) in [6.45, 7) is 15.8. The van der Waals surface area contributed by atoms with E-state index < -0.39 is 0 Å². The van der Waals surface area contributed by atoms with Gasteiger partial charge in [0, 0.05) is 60.2 Å². The number of para-hydroxylation sites is 4. The van der Waals surface area contributed by atoms with E-state index in [9.17, 15) is 0 Å². The van der Waals surface area contributed by atoms with Crippen LogP contribution in [0.1, 0.15) is 58.2 Å². The molecule has 0 atom stereocenters. The molecule has 0 spiro atoms. The number of aromatic nitrogens is 1. The molecule has 5 heteroatoms. The Morgan fingerprint density at radius 2 is 0.724 bits per heavy atom. The van der Waals surface area contributed by atoms with Crippen LogP contribution < -0.4 is 9.80 Å². The predicted octanol–water partition coefficient (Wildman–Crippen LogP) is 20.7. The minimum Gasteiger partial charge on any atom is -0.454 e. The van der Waals surface area contributed by atoms with Gasteiger partial charge in [0.1, 0.15) is 11.2 Å². The number of hydrogen-bond acceptors (Lipinski definition) is 4. The van der Waals surface area contributed by atoms with E-state index in [4.69, 9.17) is 8.83 Å². The molecule has 0 saturated carbocycles. The number of benzene rings is 11. The molecule has 11 aromatic carbocycles. The van der Waals surface area contributed by atoms with Crippen LogP contribution in [0, 0.1) is 6.92 Å². The van der Waals surface area contributed by atoms with Gasteiger partial charge in [-0.2, -0.15) is 0 Å². The second-order valence-electron chi connectivity index (χ2n) is 22.6. The molecular formula is C71H57N3O2. The van der Waals surface area contributed by atoms with Gasteiger partial charge in [0.2, 0.25) is 0 Å². The van der Waals surface area contributed by atoms with Crippen molar-refractivity contribution in [1.82, 2.24) is 4.57 Å². The second kappa shape index (κ2) is 17.0. The zero-order valence-corrected chi connectivity index (χ0v) is 43.9. The highest BCUT2D eigenvalue weighted by atomic mass is 16.3. The fraction of sp³-hybridized carbons (Fsp3) is 0.127. The normalized spacial score (nSPS) is 12.4. The van der Waals surface area contributed by atoms with Crippen molar-refractivity contribution in [2.45, 2.75) is 59.3 Å². The number of aryl methyl sites for hydroxylation is 1. The minimum atomic E-state index is -0.0197. The standard InChI is InChI=1S/C71H57N3O2/c1-44-19-16-20-49(41-44)74-62-42-60(72(47-37-33-45(34-38-47)70(2,3)4)58-29-17-27-56-52-23-12-14-31-64(52)75-68(56)58)50-21-8-10-25-54(50)66(62)67-55-26-11-9-22-51(55)61(43-63(67)74)73(48-39-35-46(36-40-48)71(5,6)7)59-30-18-28-57-53-24-13-15-32-65(53)76-69(57)59/h8-43H,1-7H3. The summed E-state index contributed by atoms with van der Waals surface area (Å²) in [5.41, 5.74) is 16.6. The van der Waals surface area contributed by atoms with Gasteiger partial charge in [-0.15, -0.1) is 0 Å². The van der Waals surface area contributed by atoms with E-state index in [-0.39, 0.29) is 10.8 Å². The molecule has 14 aromatic rings. The maximum absolute atomic E-state index is 6.90. The lowest BCUT2D eigenvalue weighted by Gasteiger charge is -2.28. The first-order chi connectivity index (χ1) is 36.9. The average Bonchev–Trinajstić information content (AvgIpc) is 4.31. The number of nitrogens with zero attached hydrogens (tertiary/aromatic N) is 3. The van der Waals surface area contributed by atoms with Gasteiger partial charge in [-0.05, 0) is 118 Å². The topological polar surface area (TPSA) is 37.7 Å². The predicted molar refractivity (Wildman–Crippen MR) is 322 cm³/mol. The largest absolute Gasteiger partial charge is 0.454 e. The Bertz CT molecular complexity index is 4340. The average molecular weight is 984 g/mol. The van der Waals surface area contributed by atoms with Crippen LogP contribution in [0.5, 0.6) is 0 Å². The molecule has 0 unspecified atom stereocenters. The molecule has 0 amide bonds. The molecular weight excluding hydrogens is 927 g/mol. The molecule has 3 aromatic heterocycles. The molecule has 368 valence electrons. The highest BCUT2D eigenvalue weighted by molar-refractivity contribution is 6.32. The highest BCUT2D eigenvalue weighted by Crippen LogP contribution is 2.52. The summed E-state index contributed by atoms with van der Waals surface area (Å²) < 4.78 is 16.3. The van der Waals surface area contributed by atoms with Crippen LogP contribution in [-0.2, 0) is 10.8 Å². The fourth-order valence-electron chi connectivity index (χ4n) is 12.0. The molecule has 0 bridgehead atoms. The number of anilines is 6. The van der Waals surface area contributed by atoms with Crippen molar-refractivity contribution in [1.29, 1.82) is 0 Å². The Balaban J connectivity index is 1.12. The van der Waals surface area contributed by atoms with Gasteiger partial charge in [0.15, 0.2) is 11.2 Å². The zero-order chi connectivity index (χ0) is 51.6. The molecule has 0 aliphatic rings. The summed E-state index contributed by atoms with van der Waals surface area (Å²) in [4.78, 5) is 4.86. The first-order valence-corrected chi connectivity index (χ1v) is 26.5. The lowest BCUT2D eigenvalue weighted by molar-refractivity contribution is 0.590. The van der Waals surface area contributed by atoms with Crippen molar-refractivity contribution in [3.63, 3.8) is 0 Å². The first-order valence-electron chi connectivity index (χ1n) is 26.5. The van der Waals surface area contributed by atoms with Crippen LogP contribution in [0.4, 0.5) is 34.1 Å². The Hall–Kier alpha value is -9.06. The van der Waals surface area contributed by atoms with Gasteiger partial charge < -0.3 is 23.2 Å². The van der Waals surface area contributed by atoms with Gasteiger partial charge in [0.05, 0.1) is 33.8 Å². The molecule has 0 fully saturated rings. The van der Waals surface area contributed by atoms with Crippen LogP contribution in [0.2, 0.25) is 0 Å². The van der Waals surface area contributed by atoms with Crippen molar-refractivity contribution in [3.8, 4) is 5.69 Å². The van der Waals surface area contributed by atoms with Crippen LogP contribution in [0.25, 0.3) is 92.9 Å². The molecule has 3 heterocycles. The third kappa shape index (κ3) is 7.13. The summed E-state index contributed by atoms with van der Waals surface area (Å²) in [7, 11) is 0. The maximum atomic E-state index is 6.90. The van der Waals surface area contributed by atoms with Crippen LogP contribution in [0.15, 0.2) is 227 Å². The summed E-state index contributed by atoms with van der Waals surface area (Å²) in [6, 6.07) is 79.9. The highest BCUT2D eigenvalue weighted by Gasteiger charge is 2.29. The number of hydrogen-bond donors (Lipinski definition) is 0. The Morgan fingerprint density at radius 3 is 1.14 bits per heavy atom. The van der Waals surface area contributed by atoms with Crippen molar-refractivity contribution in [3.05, 3.63) is 235 Å². The summed E-state index contributed by atoms with van der Waals surface area (Å²) in [6.07, 6.45) is 0. The molecule has 76 heavy (non-hydrogen) atoms. The van der Waals surface area contributed by atoms with Crippen LogP contribution in [-0.4, -0.2) is 4.57 Å². The monoisotopic (exact) mass is 983 g/mol. The van der Waals surface area contributed by atoms with Gasteiger partial charge in [0.25, 0.3) is 0 Å². The maximum Gasteiger partial charge on any atom is 0.159 e. The Labute approximate surface area is 442 Å². The van der Waals surface area contributed by atoms with Gasteiger partial charge in [-0.25, -0.2) is 0 Å². The summed E-state index contributed by atoms with van der Waals surface area (Å²) >= 11 is 0. The van der Waals surface area contributed by atoms with Gasteiger partial charge in [-0.3, -0.25) is 0 Å². The quantitative estimate of drug-likeness (QED) is 0.159. The molecule has 0 N–H and O–H groups in total. The van der Waals surface area contributed by atoms with E-state index >= 15 is 0 Å². The molecule has 0 aliphatic carbocycles. The second-order valence-corrected chi connectivity index (χ2v) is 22.6. The van der Waals surface area contributed by atoms with Gasteiger partial charge >= 0.3 is 0 Å². The number of furan rings is 2. The van der Waals surface area contributed by atoms with Crippen LogP contribution in [0.3, 0.4) is 0 Å². The molecule has 0 saturated heterocycles. The van der Waals surface area contributed by atoms with Crippen LogP contribution >= 0.6 is 0 Å². The van der Waals surface area contributed by atoms with Gasteiger partial charge in [-0.1, -0.05) is 187 Å². The SMILES string of the molecule is Cc1cccc(-n2c3cc(N(c4ccc(C(C)(C)C)cc4)c4cccc5c4oc4ccccc45)c4ccccc4c3c3c4ccccc4c(N(c4ccc(C(C)(C)C)cc4)c4cccc5c4oc4ccccc45)cc32)c1. The molecule has 0 aliphatic heterocycles.